The molecule has 0 fully saturated rings. The van der Waals surface area contributed by atoms with Gasteiger partial charge in [-0.15, -0.1) is 0 Å². The topological polar surface area (TPSA) is 76.7 Å². The Kier molecular flexibility index (Phi) is 7.17. The molecule has 32 heavy (non-hydrogen) atoms. The molecule has 2 amide bonds. The molecule has 0 bridgehead atoms. The summed E-state index contributed by atoms with van der Waals surface area (Å²) in [5.74, 6) is -2.47. The maximum Gasteiger partial charge on any atom is 0.261 e. The monoisotopic (exact) mass is 438 g/mol. The van der Waals surface area contributed by atoms with Gasteiger partial charge in [-0.05, 0) is 36.4 Å². The van der Waals surface area contributed by atoms with Crippen LogP contribution in [0.1, 0.15) is 5.56 Å². The molecular weight excluding hydrogens is 418 g/mol. The van der Waals surface area contributed by atoms with E-state index in [1.807, 2.05) is 0 Å². The predicted octanol–water partition coefficient (Wildman–Crippen LogP) is 4.64. The highest BCUT2D eigenvalue weighted by atomic mass is 19.1. The highest BCUT2D eigenvalue weighted by Gasteiger charge is 2.22. The first-order valence-corrected chi connectivity index (χ1v) is 9.49. The van der Waals surface area contributed by atoms with Crippen molar-refractivity contribution in [3.05, 3.63) is 89.5 Å². The van der Waals surface area contributed by atoms with Gasteiger partial charge < -0.3 is 20.1 Å². The van der Waals surface area contributed by atoms with Crippen LogP contribution >= 0.6 is 0 Å². The molecule has 3 aromatic rings. The van der Waals surface area contributed by atoms with Gasteiger partial charge in [-0.2, -0.15) is 0 Å². The molecule has 0 radical (unpaired) electrons. The molecule has 0 saturated heterocycles. The van der Waals surface area contributed by atoms with Gasteiger partial charge in [-0.25, -0.2) is 8.78 Å². The van der Waals surface area contributed by atoms with Crippen molar-refractivity contribution in [1.82, 2.24) is 0 Å². The predicted molar refractivity (Wildman–Crippen MR) is 118 cm³/mol. The molecule has 0 atom stereocenters. The molecule has 0 aliphatic heterocycles. The first kappa shape index (κ1) is 22.5. The zero-order valence-electron chi connectivity index (χ0n) is 17.3. The summed E-state index contributed by atoms with van der Waals surface area (Å²) in [6.45, 7) is 0. The minimum absolute atomic E-state index is 0.111. The van der Waals surface area contributed by atoms with E-state index in [1.165, 1.54) is 68.8 Å². The number of benzene rings is 3. The number of hydrogen-bond donors (Lipinski definition) is 2. The number of para-hydroxylation sites is 3. The number of halogens is 2. The van der Waals surface area contributed by atoms with Crippen LogP contribution in [0.2, 0.25) is 0 Å². The van der Waals surface area contributed by atoms with Gasteiger partial charge in [0.05, 0.1) is 25.6 Å². The van der Waals surface area contributed by atoms with E-state index < -0.39 is 29.0 Å². The SMILES string of the molecule is COc1cccc(C=C(C(=O)Nc2ccccc2F)C(=O)Nc2ccccc2F)c1OC. The summed E-state index contributed by atoms with van der Waals surface area (Å²) in [4.78, 5) is 25.9. The summed E-state index contributed by atoms with van der Waals surface area (Å²) in [5, 5.41) is 4.74. The molecule has 0 unspecified atom stereocenters. The number of anilines is 2. The second kappa shape index (κ2) is 10.2. The Hall–Kier alpha value is -4.20. The third-order valence-electron chi connectivity index (χ3n) is 4.47. The minimum atomic E-state index is -0.895. The summed E-state index contributed by atoms with van der Waals surface area (Å²) in [7, 11) is 2.86. The lowest BCUT2D eigenvalue weighted by Gasteiger charge is -2.13. The number of nitrogens with one attached hydrogen (secondary N) is 2. The standard InChI is InChI=1S/C24H20F2N2O4/c1-31-21-13-7-8-15(22(21)32-2)14-16(23(29)27-19-11-5-3-9-17(19)25)24(30)28-20-12-6-4-10-18(20)26/h3-14H,1-2H3,(H,27,29)(H,28,30). The summed E-state index contributed by atoms with van der Waals surface area (Å²) in [5.41, 5.74) is -0.267. The lowest BCUT2D eigenvalue weighted by molar-refractivity contribution is -0.118. The third-order valence-corrected chi connectivity index (χ3v) is 4.47. The van der Waals surface area contributed by atoms with Crippen LogP contribution in [0.5, 0.6) is 11.5 Å². The first-order valence-electron chi connectivity index (χ1n) is 9.49. The molecule has 6 nitrogen and oxygen atoms in total. The molecule has 8 heteroatoms. The van der Waals surface area contributed by atoms with Gasteiger partial charge in [-0.3, -0.25) is 9.59 Å². The van der Waals surface area contributed by atoms with Crippen molar-refractivity contribution in [2.24, 2.45) is 0 Å². The number of carbonyl (C=O) groups excluding carboxylic acids is 2. The zero-order valence-corrected chi connectivity index (χ0v) is 17.3. The van der Waals surface area contributed by atoms with Crippen molar-refractivity contribution >= 4 is 29.3 Å². The summed E-state index contributed by atoms with van der Waals surface area (Å²) < 4.78 is 38.7. The van der Waals surface area contributed by atoms with Gasteiger partial charge in [0.1, 0.15) is 17.2 Å². The van der Waals surface area contributed by atoms with E-state index in [0.717, 1.165) is 0 Å². The smallest absolute Gasteiger partial charge is 0.261 e. The van der Waals surface area contributed by atoms with Gasteiger partial charge in [0.25, 0.3) is 11.8 Å². The first-order chi connectivity index (χ1) is 15.4. The Morgan fingerprint density at radius 3 is 1.75 bits per heavy atom. The number of amides is 2. The fourth-order valence-corrected chi connectivity index (χ4v) is 2.92. The minimum Gasteiger partial charge on any atom is -0.493 e. The molecule has 2 N–H and O–H groups in total. The van der Waals surface area contributed by atoms with Crippen molar-refractivity contribution < 1.29 is 27.8 Å². The van der Waals surface area contributed by atoms with E-state index in [1.54, 1.807) is 18.2 Å². The van der Waals surface area contributed by atoms with E-state index in [9.17, 15) is 18.4 Å². The van der Waals surface area contributed by atoms with E-state index in [-0.39, 0.29) is 17.1 Å². The quantitative estimate of drug-likeness (QED) is 0.320. The normalized spacial score (nSPS) is 10.1. The maximum absolute atomic E-state index is 14.0. The molecule has 0 heterocycles. The maximum atomic E-state index is 14.0. The fourth-order valence-electron chi connectivity index (χ4n) is 2.92. The average Bonchev–Trinajstić information content (AvgIpc) is 2.79. The third kappa shape index (κ3) is 5.10. The van der Waals surface area contributed by atoms with Crippen molar-refractivity contribution in [3.63, 3.8) is 0 Å². The summed E-state index contributed by atoms with van der Waals surface area (Å²) in [6.07, 6.45) is 1.26. The second-order valence-corrected chi connectivity index (χ2v) is 6.51. The van der Waals surface area contributed by atoms with Crippen LogP contribution in [0.15, 0.2) is 72.3 Å². The van der Waals surface area contributed by atoms with Crippen molar-refractivity contribution in [1.29, 1.82) is 0 Å². The van der Waals surface area contributed by atoms with Crippen LogP contribution in [0.4, 0.5) is 20.2 Å². The number of hydrogen-bond acceptors (Lipinski definition) is 4. The Labute approximate surface area is 183 Å². The average molecular weight is 438 g/mol. The largest absolute Gasteiger partial charge is 0.493 e. The van der Waals surface area contributed by atoms with Crippen LogP contribution in [0.3, 0.4) is 0 Å². The Morgan fingerprint density at radius 2 is 1.28 bits per heavy atom. The van der Waals surface area contributed by atoms with Crippen molar-refractivity contribution in [3.8, 4) is 11.5 Å². The van der Waals surface area contributed by atoms with Gasteiger partial charge in [0, 0.05) is 5.56 Å². The van der Waals surface area contributed by atoms with Crippen LogP contribution < -0.4 is 20.1 Å². The second-order valence-electron chi connectivity index (χ2n) is 6.51. The van der Waals surface area contributed by atoms with Gasteiger partial charge in [0.15, 0.2) is 11.5 Å². The van der Waals surface area contributed by atoms with Gasteiger partial charge >= 0.3 is 0 Å². The number of carbonyl (C=O) groups is 2. The lowest BCUT2D eigenvalue weighted by Crippen LogP contribution is -2.26. The number of rotatable bonds is 7. The molecule has 0 aliphatic rings. The Morgan fingerprint density at radius 1 is 0.750 bits per heavy atom. The van der Waals surface area contributed by atoms with E-state index in [4.69, 9.17) is 9.47 Å². The van der Waals surface area contributed by atoms with Gasteiger partial charge in [-0.1, -0.05) is 36.4 Å². The molecule has 3 rings (SSSR count). The molecule has 0 aliphatic carbocycles. The molecule has 164 valence electrons. The van der Waals surface area contributed by atoms with E-state index >= 15 is 0 Å². The van der Waals surface area contributed by atoms with Crippen LogP contribution in [-0.2, 0) is 9.59 Å². The fraction of sp³-hybridized carbons (Fsp3) is 0.0833. The summed E-state index contributed by atoms with van der Waals surface area (Å²) in [6, 6.07) is 15.9. The van der Waals surface area contributed by atoms with Crippen molar-refractivity contribution in [2.45, 2.75) is 0 Å². The Bertz CT molecular complexity index is 1120. The van der Waals surface area contributed by atoms with E-state index in [0.29, 0.717) is 11.3 Å². The van der Waals surface area contributed by atoms with Gasteiger partial charge in [0.2, 0.25) is 0 Å². The number of ether oxygens (including phenoxy) is 2. The molecule has 3 aromatic carbocycles. The highest BCUT2D eigenvalue weighted by molar-refractivity contribution is 6.29. The highest BCUT2D eigenvalue weighted by Crippen LogP contribution is 2.32. The summed E-state index contributed by atoms with van der Waals surface area (Å²) >= 11 is 0. The Balaban J connectivity index is 2.04. The molecule has 0 saturated carbocycles. The van der Waals surface area contributed by atoms with E-state index in [2.05, 4.69) is 10.6 Å². The van der Waals surface area contributed by atoms with Crippen LogP contribution in [0, 0.1) is 11.6 Å². The molecule has 0 aromatic heterocycles. The van der Waals surface area contributed by atoms with Crippen LogP contribution in [-0.4, -0.2) is 26.0 Å². The lowest BCUT2D eigenvalue weighted by atomic mass is 10.1. The van der Waals surface area contributed by atoms with Crippen molar-refractivity contribution in [2.75, 3.05) is 24.9 Å². The number of methoxy groups -OCH3 is 2. The molecule has 0 spiro atoms. The van der Waals surface area contributed by atoms with Crippen LogP contribution in [0.25, 0.3) is 6.08 Å². The zero-order chi connectivity index (χ0) is 23.1. The molecular formula is C24H20F2N2O4.